The van der Waals surface area contributed by atoms with Crippen LogP contribution in [0, 0.1) is 0 Å². The molecule has 0 aliphatic carbocycles. The van der Waals surface area contributed by atoms with Gasteiger partial charge in [-0.05, 0) is 45.3 Å². The van der Waals surface area contributed by atoms with Crippen LogP contribution in [0.3, 0.4) is 0 Å². The van der Waals surface area contributed by atoms with Gasteiger partial charge >= 0.3 is 13.2 Å². The fourth-order valence-corrected chi connectivity index (χ4v) is 1.84. The number of carbonyl (C=O) groups is 1. The molecule has 6 nitrogen and oxygen atoms in total. The predicted molar refractivity (Wildman–Crippen MR) is 76.4 cm³/mol. The molecule has 1 aliphatic rings. The zero-order valence-corrected chi connectivity index (χ0v) is 12.4. The molecule has 1 aromatic heterocycles. The summed E-state index contributed by atoms with van der Waals surface area (Å²) in [7, 11) is 0.919. The number of hydrogen-bond donors (Lipinski definition) is 1. The Morgan fingerprint density at radius 1 is 1.30 bits per heavy atom. The van der Waals surface area contributed by atoms with Gasteiger partial charge in [0.15, 0.2) is 0 Å². The predicted octanol–water partition coefficient (Wildman–Crippen LogP) is 1.50. The fraction of sp³-hybridized carbons (Fsp3) is 0.538. The smallest absolute Gasteiger partial charge is 0.465 e. The van der Waals surface area contributed by atoms with Crippen molar-refractivity contribution in [1.29, 1.82) is 0 Å². The van der Waals surface area contributed by atoms with E-state index in [1.165, 1.54) is 7.05 Å². The van der Waals surface area contributed by atoms with Crippen molar-refractivity contribution in [2.75, 3.05) is 11.9 Å². The third-order valence-electron chi connectivity index (χ3n) is 3.93. The van der Waals surface area contributed by atoms with Gasteiger partial charge < -0.3 is 14.4 Å². The van der Waals surface area contributed by atoms with Crippen molar-refractivity contribution >= 4 is 24.5 Å². The molecule has 0 radical (unpaired) electrons. The average molecular weight is 278 g/mol. The summed E-state index contributed by atoms with van der Waals surface area (Å²) in [5.74, 6) is 0.338. The number of aromatic nitrogens is 1. The lowest BCUT2D eigenvalue weighted by molar-refractivity contribution is 0.00578. The van der Waals surface area contributed by atoms with Crippen LogP contribution in [0.15, 0.2) is 18.3 Å². The van der Waals surface area contributed by atoms with E-state index < -0.39 is 24.4 Å². The van der Waals surface area contributed by atoms with E-state index >= 15 is 0 Å². The lowest BCUT2D eigenvalue weighted by Gasteiger charge is -2.32. The van der Waals surface area contributed by atoms with Gasteiger partial charge in [-0.3, -0.25) is 4.90 Å². The maximum Gasteiger partial charge on any atom is 0.495 e. The van der Waals surface area contributed by atoms with Gasteiger partial charge in [-0.25, -0.2) is 9.78 Å². The van der Waals surface area contributed by atoms with Crippen molar-refractivity contribution in [3.8, 4) is 0 Å². The van der Waals surface area contributed by atoms with E-state index in [1.807, 2.05) is 27.7 Å². The van der Waals surface area contributed by atoms with E-state index in [1.54, 1.807) is 18.3 Å². The Balaban J connectivity index is 2.28. The minimum absolute atomic E-state index is 0.338. The molecule has 2 heterocycles. The molecule has 2 rings (SSSR count). The van der Waals surface area contributed by atoms with E-state index in [4.69, 9.17) is 14.4 Å². The SMILES string of the molecule is CN(C(=O)O)c1cc(B2OC(C)(C)C(C)(C)O2)ccn1. The summed E-state index contributed by atoms with van der Waals surface area (Å²) in [6.07, 6.45) is 0.485. The van der Waals surface area contributed by atoms with E-state index in [2.05, 4.69) is 4.98 Å². The Hall–Kier alpha value is -1.60. The van der Waals surface area contributed by atoms with Crippen LogP contribution < -0.4 is 10.4 Å². The van der Waals surface area contributed by atoms with Crippen LogP contribution in [0.2, 0.25) is 0 Å². The molecule has 1 saturated heterocycles. The second-order valence-electron chi connectivity index (χ2n) is 5.88. The molecule has 0 aromatic carbocycles. The topological polar surface area (TPSA) is 71.9 Å². The molecule has 0 bridgehead atoms. The molecule has 1 fully saturated rings. The van der Waals surface area contributed by atoms with Gasteiger partial charge in [0.1, 0.15) is 5.82 Å². The number of pyridine rings is 1. The Morgan fingerprint density at radius 3 is 2.35 bits per heavy atom. The van der Waals surface area contributed by atoms with Gasteiger partial charge in [0, 0.05) is 13.2 Å². The van der Waals surface area contributed by atoms with Gasteiger partial charge in [0.2, 0.25) is 0 Å². The highest BCUT2D eigenvalue weighted by Crippen LogP contribution is 2.36. The molecule has 1 amide bonds. The van der Waals surface area contributed by atoms with Crippen molar-refractivity contribution in [1.82, 2.24) is 4.98 Å². The van der Waals surface area contributed by atoms with E-state index in [9.17, 15) is 4.79 Å². The monoisotopic (exact) mass is 278 g/mol. The number of hydrogen-bond acceptors (Lipinski definition) is 4. The van der Waals surface area contributed by atoms with Gasteiger partial charge in [0.05, 0.1) is 11.2 Å². The molecule has 1 N–H and O–H groups in total. The molecule has 0 unspecified atom stereocenters. The molecule has 20 heavy (non-hydrogen) atoms. The number of nitrogens with zero attached hydrogens (tertiary/aromatic N) is 2. The summed E-state index contributed by atoms with van der Waals surface area (Å²) in [6.45, 7) is 7.88. The second-order valence-corrected chi connectivity index (χ2v) is 5.88. The number of anilines is 1. The van der Waals surface area contributed by atoms with Crippen LogP contribution in [-0.2, 0) is 9.31 Å². The first-order valence-corrected chi connectivity index (χ1v) is 6.42. The fourth-order valence-electron chi connectivity index (χ4n) is 1.84. The molecular formula is C13H19BN2O4. The minimum atomic E-state index is -1.07. The van der Waals surface area contributed by atoms with Crippen molar-refractivity contribution in [2.45, 2.75) is 38.9 Å². The largest absolute Gasteiger partial charge is 0.495 e. The highest BCUT2D eigenvalue weighted by molar-refractivity contribution is 6.62. The van der Waals surface area contributed by atoms with E-state index in [0.29, 0.717) is 5.82 Å². The molecule has 0 atom stereocenters. The van der Waals surface area contributed by atoms with E-state index in [0.717, 1.165) is 10.4 Å². The summed E-state index contributed by atoms with van der Waals surface area (Å²) in [4.78, 5) is 16.1. The van der Waals surface area contributed by atoms with Gasteiger partial charge in [-0.2, -0.15) is 0 Å². The summed E-state index contributed by atoms with van der Waals surface area (Å²) < 4.78 is 11.9. The summed E-state index contributed by atoms with van der Waals surface area (Å²) >= 11 is 0. The third-order valence-corrected chi connectivity index (χ3v) is 3.93. The summed E-state index contributed by atoms with van der Waals surface area (Å²) in [5, 5.41) is 8.98. The quantitative estimate of drug-likeness (QED) is 0.830. The lowest BCUT2D eigenvalue weighted by atomic mass is 9.79. The Labute approximate surface area is 118 Å². The summed E-state index contributed by atoms with van der Waals surface area (Å²) in [5.41, 5.74) is -0.110. The van der Waals surface area contributed by atoms with Gasteiger partial charge in [0.25, 0.3) is 0 Å². The lowest BCUT2D eigenvalue weighted by Crippen LogP contribution is -2.41. The molecule has 7 heteroatoms. The van der Waals surface area contributed by atoms with Crippen molar-refractivity contribution in [3.05, 3.63) is 18.3 Å². The second kappa shape index (κ2) is 4.75. The average Bonchev–Trinajstić information content (AvgIpc) is 2.57. The van der Waals surface area contributed by atoms with Crippen LogP contribution in [0.4, 0.5) is 10.6 Å². The zero-order chi connectivity index (χ0) is 15.1. The highest BCUT2D eigenvalue weighted by Gasteiger charge is 2.51. The molecule has 0 saturated carbocycles. The maximum atomic E-state index is 11.0. The summed E-state index contributed by atoms with van der Waals surface area (Å²) in [6, 6.07) is 3.43. The molecule has 1 aromatic rings. The minimum Gasteiger partial charge on any atom is -0.465 e. The molecule has 1 aliphatic heterocycles. The van der Waals surface area contributed by atoms with Crippen molar-refractivity contribution in [3.63, 3.8) is 0 Å². The molecule has 0 spiro atoms. The van der Waals surface area contributed by atoms with Crippen LogP contribution in [0.1, 0.15) is 27.7 Å². The molecular weight excluding hydrogens is 259 g/mol. The number of rotatable bonds is 2. The van der Waals surface area contributed by atoms with Gasteiger partial charge in [-0.1, -0.05) is 0 Å². The first-order valence-electron chi connectivity index (χ1n) is 6.42. The Kier molecular flexibility index (Phi) is 3.52. The van der Waals surface area contributed by atoms with Gasteiger partial charge in [-0.15, -0.1) is 0 Å². The maximum absolute atomic E-state index is 11.0. The van der Waals surface area contributed by atoms with Crippen molar-refractivity contribution < 1.29 is 19.2 Å². The third kappa shape index (κ3) is 2.51. The normalized spacial score (nSPS) is 19.9. The first-order chi connectivity index (χ1) is 9.14. The van der Waals surface area contributed by atoms with Crippen LogP contribution >= 0.6 is 0 Å². The molecule has 108 valence electrons. The standard InChI is InChI=1S/C13H19BN2O4/c1-12(2)13(3,4)20-14(19-12)9-6-7-15-10(8-9)16(5)11(17)18/h6-8H,1-5H3,(H,17,18). The van der Waals surface area contributed by atoms with Crippen molar-refractivity contribution in [2.24, 2.45) is 0 Å². The van der Waals surface area contributed by atoms with Crippen LogP contribution in [-0.4, -0.2) is 41.6 Å². The van der Waals surface area contributed by atoms with E-state index in [-0.39, 0.29) is 0 Å². The zero-order valence-electron chi connectivity index (χ0n) is 12.4. The Bertz CT molecular complexity index is 517. The first kappa shape index (κ1) is 14.8. The Morgan fingerprint density at radius 2 is 1.85 bits per heavy atom. The van der Waals surface area contributed by atoms with Crippen LogP contribution in [0.25, 0.3) is 0 Å². The number of carboxylic acid groups (broad SMARTS) is 1. The van der Waals surface area contributed by atoms with Crippen LogP contribution in [0.5, 0.6) is 0 Å². The number of amides is 1. The highest BCUT2D eigenvalue weighted by atomic mass is 16.7.